The van der Waals surface area contributed by atoms with Gasteiger partial charge in [0.25, 0.3) is 11.8 Å². The number of piperidine rings is 1. The molecule has 2 N–H and O–H groups in total. The Hall–Kier alpha value is -2.34. The lowest BCUT2D eigenvalue weighted by Crippen LogP contribution is -2.36. The molecule has 0 spiro atoms. The summed E-state index contributed by atoms with van der Waals surface area (Å²) in [4.78, 5) is 27.1. The van der Waals surface area contributed by atoms with Crippen molar-refractivity contribution in [1.29, 1.82) is 0 Å². The molecule has 130 valence electrons. The number of hydrogen-bond donors (Lipinski definition) is 2. The van der Waals surface area contributed by atoms with E-state index >= 15 is 0 Å². The lowest BCUT2D eigenvalue weighted by atomic mass is 10.1. The Bertz CT molecular complexity index is 801. The standard InChI is InChI=1S/C19H19BrN2O3/c20-13-8-9-17(23)15(12-13)18(24)21-16-7-3-2-6-14(16)19(25)22-10-4-1-5-11-22/h2-3,6-9,12,23H,1,4-5,10-11H2,(H,21,24). The summed E-state index contributed by atoms with van der Waals surface area (Å²) in [5.74, 6) is -0.646. The molecule has 0 atom stereocenters. The SMILES string of the molecule is O=C(Nc1ccccc1C(=O)N1CCCCC1)c1cc(Br)ccc1O. The summed E-state index contributed by atoms with van der Waals surface area (Å²) < 4.78 is 0.688. The molecule has 0 aromatic heterocycles. The molecule has 1 aliphatic rings. The van der Waals surface area contributed by atoms with E-state index in [-0.39, 0.29) is 17.2 Å². The molecule has 2 aromatic carbocycles. The number of rotatable bonds is 3. The first kappa shape index (κ1) is 17.5. The summed E-state index contributed by atoms with van der Waals surface area (Å²) in [5.41, 5.74) is 1.06. The largest absolute Gasteiger partial charge is 0.507 e. The quantitative estimate of drug-likeness (QED) is 0.813. The van der Waals surface area contributed by atoms with Crippen LogP contribution in [0.2, 0.25) is 0 Å². The molecule has 0 radical (unpaired) electrons. The third-order valence-corrected chi connectivity index (χ3v) is 4.75. The van der Waals surface area contributed by atoms with Crippen molar-refractivity contribution in [3.63, 3.8) is 0 Å². The topological polar surface area (TPSA) is 69.6 Å². The van der Waals surface area contributed by atoms with Crippen molar-refractivity contribution in [3.8, 4) is 5.75 Å². The van der Waals surface area contributed by atoms with E-state index < -0.39 is 5.91 Å². The van der Waals surface area contributed by atoms with E-state index in [1.165, 1.54) is 6.07 Å². The van der Waals surface area contributed by atoms with Crippen LogP contribution in [-0.2, 0) is 0 Å². The minimum absolute atomic E-state index is 0.0749. The van der Waals surface area contributed by atoms with Crippen LogP contribution in [0.5, 0.6) is 5.75 Å². The molecule has 25 heavy (non-hydrogen) atoms. The predicted molar refractivity (Wildman–Crippen MR) is 100.0 cm³/mol. The Labute approximate surface area is 154 Å². The molecule has 2 amide bonds. The van der Waals surface area contributed by atoms with Crippen LogP contribution in [0.3, 0.4) is 0 Å². The van der Waals surface area contributed by atoms with Crippen molar-refractivity contribution in [2.24, 2.45) is 0 Å². The minimum atomic E-state index is -0.460. The van der Waals surface area contributed by atoms with E-state index in [4.69, 9.17) is 0 Å². The first-order chi connectivity index (χ1) is 12.1. The fourth-order valence-electron chi connectivity index (χ4n) is 2.93. The molecule has 0 saturated carbocycles. The Balaban J connectivity index is 1.84. The first-order valence-corrected chi connectivity index (χ1v) is 9.04. The molecule has 0 aliphatic carbocycles. The highest BCUT2D eigenvalue weighted by Crippen LogP contribution is 2.25. The Morgan fingerprint density at radius 3 is 2.48 bits per heavy atom. The summed E-state index contributed by atoms with van der Waals surface area (Å²) in [6, 6.07) is 11.6. The Kier molecular flexibility index (Phi) is 5.38. The Morgan fingerprint density at radius 1 is 1.00 bits per heavy atom. The van der Waals surface area contributed by atoms with Gasteiger partial charge in [0.2, 0.25) is 0 Å². The number of nitrogens with zero attached hydrogens (tertiary/aromatic N) is 1. The second kappa shape index (κ2) is 7.70. The molecular weight excluding hydrogens is 384 g/mol. The van der Waals surface area contributed by atoms with Gasteiger partial charge >= 0.3 is 0 Å². The number of hydrogen-bond acceptors (Lipinski definition) is 3. The van der Waals surface area contributed by atoms with Gasteiger partial charge in [0.15, 0.2) is 0 Å². The summed E-state index contributed by atoms with van der Waals surface area (Å²) in [7, 11) is 0. The number of carbonyl (C=O) groups excluding carboxylic acids is 2. The van der Waals surface area contributed by atoms with E-state index in [1.807, 2.05) is 4.90 Å². The van der Waals surface area contributed by atoms with Crippen LogP contribution >= 0.6 is 15.9 Å². The van der Waals surface area contributed by atoms with Gasteiger partial charge in [0.05, 0.1) is 16.8 Å². The lowest BCUT2D eigenvalue weighted by molar-refractivity contribution is 0.0725. The number of nitrogens with one attached hydrogen (secondary N) is 1. The molecule has 0 bridgehead atoms. The van der Waals surface area contributed by atoms with Crippen molar-refractivity contribution in [1.82, 2.24) is 4.90 Å². The predicted octanol–water partition coefficient (Wildman–Crippen LogP) is 4.03. The van der Waals surface area contributed by atoms with E-state index in [1.54, 1.807) is 36.4 Å². The second-order valence-corrected chi connectivity index (χ2v) is 6.93. The van der Waals surface area contributed by atoms with Crippen molar-refractivity contribution in [2.75, 3.05) is 18.4 Å². The van der Waals surface area contributed by atoms with Gasteiger partial charge in [-0.2, -0.15) is 0 Å². The fourth-order valence-corrected chi connectivity index (χ4v) is 3.29. The number of amides is 2. The molecule has 5 nitrogen and oxygen atoms in total. The summed E-state index contributed by atoms with van der Waals surface area (Å²) in [6.07, 6.45) is 3.16. The molecule has 1 saturated heterocycles. The average Bonchev–Trinajstić information content (AvgIpc) is 2.64. The monoisotopic (exact) mass is 402 g/mol. The zero-order chi connectivity index (χ0) is 17.8. The third-order valence-electron chi connectivity index (χ3n) is 4.25. The van der Waals surface area contributed by atoms with E-state index in [0.717, 1.165) is 32.4 Å². The second-order valence-electron chi connectivity index (χ2n) is 6.01. The number of phenols is 1. The van der Waals surface area contributed by atoms with E-state index in [0.29, 0.717) is 15.7 Å². The molecule has 1 fully saturated rings. The van der Waals surface area contributed by atoms with Crippen LogP contribution in [0, 0.1) is 0 Å². The van der Waals surface area contributed by atoms with Gasteiger partial charge < -0.3 is 15.3 Å². The molecule has 6 heteroatoms. The molecule has 3 rings (SSSR count). The van der Waals surface area contributed by atoms with Crippen molar-refractivity contribution in [2.45, 2.75) is 19.3 Å². The van der Waals surface area contributed by atoms with Gasteiger partial charge in [-0.25, -0.2) is 0 Å². The minimum Gasteiger partial charge on any atom is -0.507 e. The highest BCUT2D eigenvalue weighted by atomic mass is 79.9. The maximum Gasteiger partial charge on any atom is 0.259 e. The van der Waals surface area contributed by atoms with Crippen molar-refractivity contribution < 1.29 is 14.7 Å². The highest BCUT2D eigenvalue weighted by Gasteiger charge is 2.22. The number of phenolic OH excluding ortho intramolecular Hbond substituents is 1. The third kappa shape index (κ3) is 4.02. The van der Waals surface area contributed by atoms with Crippen LogP contribution in [0.15, 0.2) is 46.9 Å². The van der Waals surface area contributed by atoms with Crippen molar-refractivity contribution in [3.05, 3.63) is 58.1 Å². The number of para-hydroxylation sites is 1. The summed E-state index contributed by atoms with van der Waals surface area (Å²) in [6.45, 7) is 1.49. The van der Waals surface area contributed by atoms with Crippen LogP contribution in [-0.4, -0.2) is 34.9 Å². The zero-order valence-electron chi connectivity index (χ0n) is 13.7. The number of carbonyl (C=O) groups is 2. The van der Waals surface area contributed by atoms with Gasteiger partial charge in [-0.05, 0) is 49.6 Å². The number of anilines is 1. The molecule has 1 aliphatic heterocycles. The summed E-state index contributed by atoms with van der Waals surface area (Å²) >= 11 is 3.29. The molecule has 0 unspecified atom stereocenters. The molecule has 1 heterocycles. The maximum atomic E-state index is 12.8. The normalized spacial score (nSPS) is 14.2. The number of aromatic hydroxyl groups is 1. The van der Waals surface area contributed by atoms with Crippen molar-refractivity contribution >= 4 is 33.4 Å². The van der Waals surface area contributed by atoms with Crippen LogP contribution < -0.4 is 5.32 Å². The van der Waals surface area contributed by atoms with Crippen LogP contribution in [0.25, 0.3) is 0 Å². The van der Waals surface area contributed by atoms with Gasteiger partial charge in [-0.15, -0.1) is 0 Å². The van der Waals surface area contributed by atoms with Crippen LogP contribution in [0.1, 0.15) is 40.0 Å². The van der Waals surface area contributed by atoms with Crippen LogP contribution in [0.4, 0.5) is 5.69 Å². The number of benzene rings is 2. The van der Waals surface area contributed by atoms with Gasteiger partial charge in [0.1, 0.15) is 5.75 Å². The lowest BCUT2D eigenvalue weighted by Gasteiger charge is -2.27. The van der Waals surface area contributed by atoms with E-state index in [9.17, 15) is 14.7 Å². The fraction of sp³-hybridized carbons (Fsp3) is 0.263. The molecular formula is C19H19BrN2O3. The van der Waals surface area contributed by atoms with E-state index in [2.05, 4.69) is 21.2 Å². The number of likely N-dealkylation sites (tertiary alicyclic amines) is 1. The summed E-state index contributed by atoms with van der Waals surface area (Å²) in [5, 5.41) is 12.7. The van der Waals surface area contributed by atoms with Gasteiger partial charge in [-0.1, -0.05) is 28.1 Å². The average molecular weight is 403 g/mol. The van der Waals surface area contributed by atoms with Gasteiger partial charge in [0, 0.05) is 17.6 Å². The first-order valence-electron chi connectivity index (χ1n) is 8.24. The number of halogens is 1. The molecule has 2 aromatic rings. The smallest absolute Gasteiger partial charge is 0.259 e. The zero-order valence-corrected chi connectivity index (χ0v) is 15.3. The van der Waals surface area contributed by atoms with Gasteiger partial charge in [-0.3, -0.25) is 9.59 Å². The maximum absolute atomic E-state index is 12.8. The Morgan fingerprint density at radius 2 is 1.72 bits per heavy atom. The highest BCUT2D eigenvalue weighted by molar-refractivity contribution is 9.10.